The summed E-state index contributed by atoms with van der Waals surface area (Å²) >= 11 is 0. The summed E-state index contributed by atoms with van der Waals surface area (Å²) in [7, 11) is 1.96. The van der Waals surface area contributed by atoms with E-state index in [1.807, 2.05) is 25.5 Å². The molecule has 2 nitrogen and oxygen atoms in total. The van der Waals surface area contributed by atoms with Crippen molar-refractivity contribution in [3.8, 4) is 0 Å². The number of fused-ring (bicyclic) bond motifs is 1. The van der Waals surface area contributed by atoms with Crippen molar-refractivity contribution < 1.29 is 9.31 Å². The molecule has 0 radical (unpaired) electrons. The minimum absolute atomic E-state index is 1.01. The average molecular weight is 179 g/mol. The zero-order chi connectivity index (χ0) is 9.68. The third kappa shape index (κ3) is 2.38. The van der Waals surface area contributed by atoms with E-state index in [0.717, 1.165) is 18.6 Å². The van der Waals surface area contributed by atoms with Gasteiger partial charge in [0.25, 0.3) is 0 Å². The van der Waals surface area contributed by atoms with Crippen LogP contribution in [0.1, 0.15) is 26.7 Å². The van der Waals surface area contributed by atoms with E-state index in [-0.39, 0.29) is 0 Å². The Hall–Kier alpha value is -1.18. The van der Waals surface area contributed by atoms with Crippen LogP contribution in [-0.2, 0) is 4.74 Å². The molecule has 0 atom stereocenters. The minimum atomic E-state index is 1.01. The van der Waals surface area contributed by atoms with Gasteiger partial charge in [0, 0.05) is 5.76 Å². The quantitative estimate of drug-likeness (QED) is 0.411. The Bertz CT molecular complexity index is 261. The van der Waals surface area contributed by atoms with Gasteiger partial charge in [-0.15, -0.1) is 0 Å². The molecule has 2 aliphatic rings. The molecule has 0 aromatic carbocycles. The number of nitrogens with zero attached hydrogens (tertiary/aromatic N) is 1. The first-order valence-electron chi connectivity index (χ1n) is 4.84. The van der Waals surface area contributed by atoms with E-state index < -0.39 is 0 Å². The van der Waals surface area contributed by atoms with Crippen LogP contribution < -0.4 is 0 Å². The van der Waals surface area contributed by atoms with E-state index in [1.54, 1.807) is 6.40 Å². The van der Waals surface area contributed by atoms with Crippen LogP contribution in [0.5, 0.6) is 0 Å². The van der Waals surface area contributed by atoms with Gasteiger partial charge in [0.1, 0.15) is 7.05 Å². The molecule has 0 spiro atoms. The summed E-state index contributed by atoms with van der Waals surface area (Å²) in [6.45, 7) is 4.00. The first-order chi connectivity index (χ1) is 6.36. The van der Waals surface area contributed by atoms with E-state index in [2.05, 4.69) is 18.7 Å². The number of allylic oxidation sites excluding steroid dienone is 2. The molecule has 0 aromatic heterocycles. The zero-order valence-electron chi connectivity index (χ0n) is 8.58. The Morgan fingerprint density at radius 2 is 2.23 bits per heavy atom. The van der Waals surface area contributed by atoms with Gasteiger partial charge in [0.05, 0.1) is 6.20 Å². The van der Waals surface area contributed by atoms with Gasteiger partial charge in [0.15, 0.2) is 0 Å². The smallest absolute Gasteiger partial charge is 0.310 e. The lowest BCUT2D eigenvalue weighted by molar-refractivity contribution is -0.429. The molecule has 0 saturated carbocycles. The van der Waals surface area contributed by atoms with Crippen molar-refractivity contribution in [2.75, 3.05) is 7.05 Å². The van der Waals surface area contributed by atoms with E-state index >= 15 is 0 Å². The van der Waals surface area contributed by atoms with E-state index in [9.17, 15) is 0 Å². The van der Waals surface area contributed by atoms with Gasteiger partial charge in [-0.1, -0.05) is 31.9 Å². The summed E-state index contributed by atoms with van der Waals surface area (Å²) < 4.78 is 7.28. The van der Waals surface area contributed by atoms with Crippen LogP contribution in [0.2, 0.25) is 0 Å². The molecule has 1 heterocycles. The van der Waals surface area contributed by atoms with Gasteiger partial charge >= 0.3 is 6.40 Å². The van der Waals surface area contributed by atoms with Gasteiger partial charge in [-0.2, -0.15) is 6.42 Å². The molecular formula is C11H17NO. The van der Waals surface area contributed by atoms with Crippen LogP contribution in [0.3, 0.4) is 0 Å². The molecule has 0 unspecified atom stereocenters. The predicted octanol–water partition coefficient (Wildman–Crippen LogP) is 2.48. The van der Waals surface area contributed by atoms with Crippen molar-refractivity contribution in [2.24, 2.45) is 0 Å². The second-order valence-corrected chi connectivity index (χ2v) is 2.82. The highest BCUT2D eigenvalue weighted by atomic mass is 16.5. The second-order valence-electron chi connectivity index (χ2n) is 2.82. The summed E-state index contributed by atoms with van der Waals surface area (Å²) in [5, 5.41) is 0. The topological polar surface area (TPSA) is 12.2 Å². The largest absolute Gasteiger partial charge is 0.475 e. The fourth-order valence-electron chi connectivity index (χ4n) is 1.29. The van der Waals surface area contributed by atoms with Gasteiger partial charge in [-0.3, -0.25) is 0 Å². The number of rotatable bonds is 0. The summed E-state index contributed by atoms with van der Waals surface area (Å²) in [6, 6.07) is 0. The molecule has 0 aromatic rings. The Morgan fingerprint density at radius 3 is 3.00 bits per heavy atom. The van der Waals surface area contributed by atoms with Gasteiger partial charge in [-0.25, -0.2) is 4.58 Å². The molecule has 0 N–H and O–H groups in total. The molecule has 2 heteroatoms. The van der Waals surface area contributed by atoms with Gasteiger partial charge < -0.3 is 4.74 Å². The predicted molar refractivity (Wildman–Crippen MR) is 54.4 cm³/mol. The fourth-order valence-corrected chi connectivity index (χ4v) is 1.29. The Balaban J connectivity index is 0.000000396. The molecule has 0 fully saturated rings. The maximum atomic E-state index is 5.36. The standard InChI is InChI=1S/C9H11NO.C2H6/c1-10-6-8-4-2-3-5-9(8)11-7-10;1-2/h4-7H,2-3H2,1H3;1-2H3. The zero-order valence-corrected chi connectivity index (χ0v) is 8.58. The number of ether oxygens (including phenoxy) is 1. The lowest BCUT2D eigenvalue weighted by atomic mass is 10.0. The van der Waals surface area contributed by atoms with Crippen LogP contribution >= 0.6 is 0 Å². The van der Waals surface area contributed by atoms with Crippen molar-refractivity contribution in [3.05, 3.63) is 30.0 Å². The lowest BCUT2D eigenvalue weighted by Gasteiger charge is -2.24. The second kappa shape index (κ2) is 4.75. The molecule has 13 heavy (non-hydrogen) atoms. The first kappa shape index (κ1) is 9.90. The first-order valence-corrected chi connectivity index (χ1v) is 4.84. The molecule has 0 saturated heterocycles. The Morgan fingerprint density at radius 1 is 1.46 bits per heavy atom. The highest BCUT2D eigenvalue weighted by Gasteiger charge is 2.08. The van der Waals surface area contributed by atoms with E-state index in [0.29, 0.717) is 0 Å². The third-order valence-electron chi connectivity index (χ3n) is 1.83. The molecule has 1 aliphatic heterocycles. The number of hydrogen-bond donors (Lipinski definition) is 0. The highest BCUT2D eigenvalue weighted by Crippen LogP contribution is 2.24. The van der Waals surface area contributed by atoms with Crippen molar-refractivity contribution >= 4 is 6.40 Å². The van der Waals surface area contributed by atoms with Crippen LogP contribution in [0.25, 0.3) is 0 Å². The normalized spacial score (nSPS) is 18.8. The Kier molecular flexibility index (Phi) is 3.62. The molecule has 0 bridgehead atoms. The molecular weight excluding hydrogens is 162 g/mol. The van der Waals surface area contributed by atoms with E-state index in [1.165, 1.54) is 5.57 Å². The van der Waals surface area contributed by atoms with Crippen molar-refractivity contribution in [1.29, 1.82) is 0 Å². The molecule has 2 rings (SSSR count). The van der Waals surface area contributed by atoms with Crippen LogP contribution in [0.15, 0.2) is 23.6 Å². The molecule has 1 aliphatic carbocycles. The number of hydrogen-bond acceptors (Lipinski definition) is 1. The summed E-state index contributed by atoms with van der Waals surface area (Å²) in [6.07, 6.45) is 10.4. The Labute approximate surface area is 80.2 Å². The van der Waals surface area contributed by atoms with Crippen LogP contribution in [-0.4, -0.2) is 18.0 Å². The average Bonchev–Trinajstić information content (AvgIpc) is 2.21. The lowest BCUT2D eigenvalue weighted by Crippen LogP contribution is -2.13. The van der Waals surface area contributed by atoms with Crippen molar-refractivity contribution in [1.82, 2.24) is 0 Å². The third-order valence-corrected chi connectivity index (χ3v) is 1.83. The fraction of sp³-hybridized carbons (Fsp3) is 0.455. The molecule has 0 amide bonds. The van der Waals surface area contributed by atoms with Crippen molar-refractivity contribution in [3.63, 3.8) is 0 Å². The highest BCUT2D eigenvalue weighted by molar-refractivity contribution is 5.50. The maximum absolute atomic E-state index is 5.36. The van der Waals surface area contributed by atoms with Crippen molar-refractivity contribution in [2.45, 2.75) is 26.7 Å². The molecule has 72 valence electrons. The van der Waals surface area contributed by atoms with Crippen LogP contribution in [0, 0.1) is 6.42 Å². The monoisotopic (exact) mass is 179 g/mol. The summed E-state index contributed by atoms with van der Waals surface area (Å²) in [5.41, 5.74) is 1.21. The van der Waals surface area contributed by atoms with Gasteiger partial charge in [-0.05, 0) is 6.42 Å². The van der Waals surface area contributed by atoms with Gasteiger partial charge in [0.2, 0.25) is 0 Å². The summed E-state index contributed by atoms with van der Waals surface area (Å²) in [5.74, 6) is 1.01. The minimum Gasteiger partial charge on any atom is -0.475 e. The van der Waals surface area contributed by atoms with Crippen LogP contribution in [0.4, 0.5) is 0 Å². The SMILES string of the molecule is CC.C[N+]1=COC2=CCC[CH-]C2=C1. The summed E-state index contributed by atoms with van der Waals surface area (Å²) in [4.78, 5) is 0. The maximum Gasteiger partial charge on any atom is 0.310 e. The van der Waals surface area contributed by atoms with E-state index in [4.69, 9.17) is 4.74 Å².